The Balaban J connectivity index is 1.74. The van der Waals surface area contributed by atoms with Crippen LogP contribution in [0.1, 0.15) is 43.7 Å². The molecular weight excluding hydrogens is 568 g/mol. The van der Waals surface area contributed by atoms with E-state index >= 15 is 0 Å². The number of para-hydroxylation sites is 1. The van der Waals surface area contributed by atoms with Crippen LogP contribution in [0, 0.1) is 0 Å². The maximum Gasteiger partial charge on any atom is 0.305 e. The first-order chi connectivity index (χ1) is 20.9. The number of H-pyrrole nitrogens is 1. The average Bonchev–Trinajstić information content (AvgIpc) is 3.39. The number of fused-ring (bicyclic) bond motifs is 1. The number of carboxylic acid groups (broad SMARTS) is 1. The number of primary amides is 1. The third kappa shape index (κ3) is 9.04. The maximum absolute atomic E-state index is 13.5. The van der Waals surface area contributed by atoms with Crippen LogP contribution in [0.5, 0.6) is 5.75 Å². The zero-order chi connectivity index (χ0) is 32.4. The molecule has 0 spiro atoms. The van der Waals surface area contributed by atoms with Crippen molar-refractivity contribution in [1.29, 1.82) is 0 Å². The molecule has 0 bridgehead atoms. The van der Waals surface area contributed by atoms with Gasteiger partial charge in [0, 0.05) is 30.6 Å². The van der Waals surface area contributed by atoms with Crippen LogP contribution in [0.2, 0.25) is 0 Å². The summed E-state index contributed by atoms with van der Waals surface area (Å²) in [4.78, 5) is 68.2. The van der Waals surface area contributed by atoms with Crippen molar-refractivity contribution in [3.05, 3.63) is 65.9 Å². The highest BCUT2D eigenvalue weighted by Gasteiger charge is 2.34. The van der Waals surface area contributed by atoms with E-state index in [9.17, 15) is 34.2 Å². The number of benzene rings is 2. The number of nitrogens with zero attached hydrogens (tertiary/aromatic N) is 1. The normalized spacial score (nSPS) is 13.8. The molecule has 0 aliphatic rings. The van der Waals surface area contributed by atoms with Crippen molar-refractivity contribution in [2.75, 3.05) is 7.05 Å². The van der Waals surface area contributed by atoms with Gasteiger partial charge in [-0.1, -0.05) is 50.1 Å². The van der Waals surface area contributed by atoms with Gasteiger partial charge in [-0.25, -0.2) is 0 Å². The van der Waals surface area contributed by atoms with Gasteiger partial charge in [0.05, 0.1) is 12.5 Å². The molecule has 0 radical (unpaired) electrons. The summed E-state index contributed by atoms with van der Waals surface area (Å²) >= 11 is 0. The molecule has 0 saturated heterocycles. The van der Waals surface area contributed by atoms with Gasteiger partial charge in [-0.3, -0.25) is 24.0 Å². The molecule has 2 aromatic carbocycles. The third-order valence-electron chi connectivity index (χ3n) is 7.43. The Kier molecular flexibility index (Phi) is 11.9. The van der Waals surface area contributed by atoms with Crippen molar-refractivity contribution in [2.45, 2.75) is 69.6 Å². The molecular formula is C31H40N6O7. The number of nitrogens with two attached hydrogens (primary N) is 2. The SMILES string of the molecule is CCCC[C@@H](C(=O)N[C@@H](CC(=O)O)C(=O)N[C@@H](Cc1ccc(O)cc1)C(N)=O)N(C)C(=O)[C@@H](N)Cc1c[nH]c2ccccc12. The second kappa shape index (κ2) is 15.5. The minimum absolute atomic E-state index is 0.0117. The molecule has 0 unspecified atom stereocenters. The van der Waals surface area contributed by atoms with Gasteiger partial charge in [-0.05, 0) is 42.2 Å². The Hall–Kier alpha value is -4.91. The number of aromatic amines is 1. The number of hydrogen-bond donors (Lipinski definition) is 7. The van der Waals surface area contributed by atoms with Gasteiger partial charge in [0.25, 0.3) is 0 Å². The zero-order valence-corrected chi connectivity index (χ0v) is 24.8. The van der Waals surface area contributed by atoms with Gasteiger partial charge in [0.15, 0.2) is 0 Å². The quantitative estimate of drug-likeness (QED) is 0.124. The molecule has 4 atom stereocenters. The molecule has 0 saturated carbocycles. The lowest BCUT2D eigenvalue weighted by Gasteiger charge is -2.31. The Morgan fingerprint density at radius 3 is 2.25 bits per heavy atom. The summed E-state index contributed by atoms with van der Waals surface area (Å²) in [6.45, 7) is 1.91. The highest BCUT2D eigenvalue weighted by molar-refractivity contribution is 5.96. The monoisotopic (exact) mass is 608 g/mol. The van der Waals surface area contributed by atoms with Gasteiger partial charge in [0.1, 0.15) is 23.9 Å². The van der Waals surface area contributed by atoms with Gasteiger partial charge in [0.2, 0.25) is 23.6 Å². The molecule has 13 nitrogen and oxygen atoms in total. The van der Waals surface area contributed by atoms with E-state index < -0.39 is 60.2 Å². The van der Waals surface area contributed by atoms with Crippen molar-refractivity contribution >= 4 is 40.5 Å². The standard InChI is InChI=1S/C31H40N6O7/c1-3-4-9-26(37(2)31(44)22(32)15-19-17-34-23-8-6-5-7-21(19)23)30(43)36-25(16-27(39)40)29(42)35-24(28(33)41)14-18-10-12-20(38)13-11-18/h5-8,10-13,17,22,24-26,34,38H,3-4,9,14-16,32H2,1-2H3,(H2,33,41)(H,35,42)(H,36,43)(H,39,40)/t22-,24-,25-,26-/m0/s1. The van der Waals surface area contributed by atoms with Crippen molar-refractivity contribution < 1.29 is 34.2 Å². The van der Waals surface area contributed by atoms with Crippen molar-refractivity contribution in [1.82, 2.24) is 20.5 Å². The Labute approximate surface area is 255 Å². The Morgan fingerprint density at radius 1 is 0.955 bits per heavy atom. The summed E-state index contributed by atoms with van der Waals surface area (Å²) in [7, 11) is 1.45. The van der Waals surface area contributed by atoms with E-state index in [0.717, 1.165) is 16.5 Å². The number of likely N-dealkylation sites (N-methyl/N-ethyl adjacent to an activating group) is 1. The number of unbranched alkanes of at least 4 members (excludes halogenated alkanes) is 1. The van der Waals surface area contributed by atoms with Gasteiger partial charge in [-0.2, -0.15) is 0 Å². The number of aliphatic carboxylic acids is 1. The molecule has 3 rings (SSSR count). The van der Waals surface area contributed by atoms with Gasteiger partial charge < -0.3 is 42.2 Å². The lowest BCUT2D eigenvalue weighted by atomic mass is 10.0. The van der Waals surface area contributed by atoms with Crippen LogP contribution in [0.25, 0.3) is 10.9 Å². The first-order valence-electron chi connectivity index (χ1n) is 14.4. The summed E-state index contributed by atoms with van der Waals surface area (Å²) in [6, 6.07) is 8.71. The van der Waals surface area contributed by atoms with Crippen LogP contribution in [0.3, 0.4) is 0 Å². The number of amides is 4. The Bertz CT molecular complexity index is 1470. The molecule has 236 valence electrons. The van der Waals surface area contributed by atoms with E-state index in [0.29, 0.717) is 18.4 Å². The summed E-state index contributed by atoms with van der Waals surface area (Å²) in [6.07, 6.45) is 2.73. The highest BCUT2D eigenvalue weighted by atomic mass is 16.4. The fourth-order valence-electron chi connectivity index (χ4n) is 4.95. The first-order valence-corrected chi connectivity index (χ1v) is 14.4. The lowest BCUT2D eigenvalue weighted by Crippen LogP contribution is -2.58. The second-order valence-corrected chi connectivity index (χ2v) is 10.8. The smallest absolute Gasteiger partial charge is 0.305 e. The molecule has 1 aromatic heterocycles. The molecule has 44 heavy (non-hydrogen) atoms. The van der Waals surface area contributed by atoms with Crippen LogP contribution < -0.4 is 22.1 Å². The summed E-state index contributed by atoms with van der Waals surface area (Å²) in [5.74, 6) is -4.38. The molecule has 13 heteroatoms. The van der Waals surface area contributed by atoms with E-state index in [4.69, 9.17) is 11.5 Å². The fourth-order valence-corrected chi connectivity index (χ4v) is 4.95. The van der Waals surface area contributed by atoms with Crippen molar-refractivity contribution in [3.8, 4) is 5.75 Å². The molecule has 4 amide bonds. The molecule has 1 heterocycles. The number of carboxylic acids is 1. The predicted octanol–water partition coefficient (Wildman–Crippen LogP) is 0.933. The van der Waals surface area contributed by atoms with Crippen LogP contribution in [0.4, 0.5) is 0 Å². The number of carbonyl (C=O) groups excluding carboxylic acids is 4. The second-order valence-electron chi connectivity index (χ2n) is 10.8. The summed E-state index contributed by atoms with van der Waals surface area (Å²) < 4.78 is 0. The van der Waals surface area contributed by atoms with Crippen molar-refractivity contribution in [2.24, 2.45) is 11.5 Å². The summed E-state index contributed by atoms with van der Waals surface area (Å²) in [5.41, 5.74) is 14.1. The molecule has 9 N–H and O–H groups in total. The van der Waals surface area contributed by atoms with E-state index in [1.165, 1.54) is 24.1 Å². The van der Waals surface area contributed by atoms with Crippen LogP contribution >= 0.6 is 0 Å². The average molecular weight is 609 g/mol. The number of hydrogen-bond acceptors (Lipinski definition) is 7. The minimum Gasteiger partial charge on any atom is -0.508 e. The number of aromatic nitrogens is 1. The number of aromatic hydroxyl groups is 1. The van der Waals surface area contributed by atoms with Crippen LogP contribution in [-0.4, -0.2) is 80.9 Å². The molecule has 0 aliphatic carbocycles. The van der Waals surface area contributed by atoms with E-state index in [1.54, 1.807) is 18.3 Å². The number of phenols is 1. The molecule has 0 aliphatic heterocycles. The van der Waals surface area contributed by atoms with Crippen LogP contribution in [-0.2, 0) is 36.8 Å². The third-order valence-corrected chi connectivity index (χ3v) is 7.43. The number of nitrogens with one attached hydrogen (secondary N) is 3. The minimum atomic E-state index is -1.56. The first kappa shape index (κ1) is 33.6. The number of rotatable bonds is 16. The fraction of sp³-hybridized carbons (Fsp3) is 0.387. The largest absolute Gasteiger partial charge is 0.508 e. The highest BCUT2D eigenvalue weighted by Crippen LogP contribution is 2.20. The lowest BCUT2D eigenvalue weighted by molar-refractivity contribution is -0.143. The maximum atomic E-state index is 13.5. The van der Waals surface area contributed by atoms with E-state index in [2.05, 4.69) is 15.6 Å². The zero-order valence-electron chi connectivity index (χ0n) is 24.8. The van der Waals surface area contributed by atoms with Gasteiger partial charge >= 0.3 is 5.97 Å². The molecule has 0 fully saturated rings. The van der Waals surface area contributed by atoms with E-state index in [1.807, 2.05) is 31.2 Å². The van der Waals surface area contributed by atoms with Gasteiger partial charge in [-0.15, -0.1) is 0 Å². The molecule has 3 aromatic rings. The predicted molar refractivity (Wildman–Crippen MR) is 163 cm³/mol. The summed E-state index contributed by atoms with van der Waals surface area (Å²) in [5, 5.41) is 24.8. The van der Waals surface area contributed by atoms with Crippen molar-refractivity contribution in [3.63, 3.8) is 0 Å². The van der Waals surface area contributed by atoms with E-state index in [-0.39, 0.29) is 25.0 Å². The number of carbonyl (C=O) groups is 5. The Morgan fingerprint density at radius 2 is 1.61 bits per heavy atom. The number of phenolic OH excluding ortho intramolecular Hbond substituents is 1. The van der Waals surface area contributed by atoms with Crippen LogP contribution in [0.15, 0.2) is 54.7 Å². The topological polar surface area (TPSA) is 221 Å².